The number of hydrogen-bond acceptors (Lipinski definition) is 5. The van der Waals surface area contributed by atoms with Crippen LogP contribution in [0.4, 0.5) is 0 Å². The molecule has 234 valence electrons. The van der Waals surface area contributed by atoms with Gasteiger partial charge in [0, 0.05) is 24.9 Å². The molecule has 40 heavy (non-hydrogen) atoms. The molecule has 0 aliphatic carbocycles. The van der Waals surface area contributed by atoms with Crippen LogP contribution in [0.15, 0.2) is 12.2 Å². The van der Waals surface area contributed by atoms with Gasteiger partial charge in [-0.05, 0) is 58.8 Å². The third kappa shape index (κ3) is 18.1. The SMILES string of the molecule is CCCCCCCCC=CCCCCCCCC(O)CCCNC(=O)CCNC(=O)C1OC(C)(C)OCC1(C)C. The highest BCUT2D eigenvalue weighted by molar-refractivity contribution is 5.83. The van der Waals surface area contributed by atoms with Gasteiger partial charge in [-0.1, -0.05) is 90.7 Å². The van der Waals surface area contributed by atoms with E-state index < -0.39 is 17.3 Å². The van der Waals surface area contributed by atoms with E-state index in [9.17, 15) is 14.7 Å². The molecule has 1 aliphatic heterocycles. The minimum atomic E-state index is -0.802. The van der Waals surface area contributed by atoms with Gasteiger partial charge in [-0.3, -0.25) is 9.59 Å². The van der Waals surface area contributed by atoms with Gasteiger partial charge in [0.2, 0.25) is 11.8 Å². The summed E-state index contributed by atoms with van der Waals surface area (Å²) in [4.78, 5) is 24.7. The summed E-state index contributed by atoms with van der Waals surface area (Å²) >= 11 is 0. The molecule has 0 bridgehead atoms. The summed E-state index contributed by atoms with van der Waals surface area (Å²) < 4.78 is 11.5. The summed E-state index contributed by atoms with van der Waals surface area (Å²) in [5, 5.41) is 15.9. The molecule has 2 atom stereocenters. The number of carbonyl (C=O) groups excluding carboxylic acids is 2. The Morgan fingerprint density at radius 2 is 1.40 bits per heavy atom. The van der Waals surface area contributed by atoms with Crippen molar-refractivity contribution in [3.05, 3.63) is 12.2 Å². The Morgan fingerprint density at radius 3 is 2.05 bits per heavy atom. The van der Waals surface area contributed by atoms with Crippen molar-refractivity contribution in [3.8, 4) is 0 Å². The number of unbranched alkanes of at least 4 members (excludes halogenated alkanes) is 11. The molecule has 1 rings (SSSR count). The number of aliphatic hydroxyl groups is 1. The molecule has 7 heteroatoms. The number of aliphatic hydroxyl groups excluding tert-OH is 1. The fourth-order valence-electron chi connectivity index (χ4n) is 4.96. The van der Waals surface area contributed by atoms with Gasteiger partial charge in [0.1, 0.15) is 6.10 Å². The summed E-state index contributed by atoms with van der Waals surface area (Å²) in [6, 6.07) is 0. The van der Waals surface area contributed by atoms with Gasteiger partial charge in [-0.2, -0.15) is 0 Å². The molecular weight excluding hydrogens is 504 g/mol. The Kier molecular flexibility index (Phi) is 19.5. The van der Waals surface area contributed by atoms with E-state index in [2.05, 4.69) is 29.7 Å². The lowest BCUT2D eigenvalue weighted by Crippen LogP contribution is -2.56. The van der Waals surface area contributed by atoms with Gasteiger partial charge in [-0.15, -0.1) is 0 Å². The number of allylic oxidation sites excluding steroid dienone is 2. The summed E-state index contributed by atoms with van der Waals surface area (Å²) in [5.41, 5.74) is -0.438. The third-order valence-corrected chi connectivity index (χ3v) is 7.63. The van der Waals surface area contributed by atoms with Crippen LogP contribution in [0.25, 0.3) is 0 Å². The van der Waals surface area contributed by atoms with E-state index in [1.807, 2.05) is 13.8 Å². The molecule has 2 unspecified atom stereocenters. The van der Waals surface area contributed by atoms with Gasteiger partial charge < -0.3 is 25.2 Å². The average Bonchev–Trinajstić information content (AvgIpc) is 2.90. The van der Waals surface area contributed by atoms with E-state index in [0.29, 0.717) is 19.6 Å². The Balaban J connectivity index is 1.95. The van der Waals surface area contributed by atoms with Crippen LogP contribution in [0.1, 0.15) is 144 Å². The molecule has 0 radical (unpaired) electrons. The maximum Gasteiger partial charge on any atom is 0.249 e. The minimum absolute atomic E-state index is 0.0977. The van der Waals surface area contributed by atoms with Gasteiger partial charge in [0.15, 0.2) is 5.79 Å². The Morgan fingerprint density at radius 1 is 0.825 bits per heavy atom. The zero-order chi connectivity index (χ0) is 29.7. The maximum absolute atomic E-state index is 12.6. The van der Waals surface area contributed by atoms with Crippen molar-refractivity contribution in [1.29, 1.82) is 0 Å². The molecule has 0 saturated carbocycles. The van der Waals surface area contributed by atoms with E-state index >= 15 is 0 Å². The van der Waals surface area contributed by atoms with Crippen molar-refractivity contribution in [3.63, 3.8) is 0 Å². The van der Waals surface area contributed by atoms with Crippen molar-refractivity contribution >= 4 is 11.8 Å². The zero-order valence-corrected chi connectivity index (χ0v) is 26.5. The molecule has 2 amide bonds. The fourth-order valence-corrected chi connectivity index (χ4v) is 4.96. The van der Waals surface area contributed by atoms with E-state index in [1.165, 1.54) is 77.0 Å². The first kappa shape index (κ1) is 36.6. The molecule has 1 saturated heterocycles. The molecule has 0 aromatic rings. The second kappa shape index (κ2) is 21.3. The van der Waals surface area contributed by atoms with Crippen LogP contribution in [0.5, 0.6) is 0 Å². The lowest BCUT2D eigenvalue weighted by Gasteiger charge is -2.44. The monoisotopic (exact) mass is 566 g/mol. The molecule has 1 fully saturated rings. The van der Waals surface area contributed by atoms with Crippen LogP contribution in [-0.4, -0.2) is 54.6 Å². The van der Waals surface area contributed by atoms with Gasteiger partial charge in [-0.25, -0.2) is 0 Å². The van der Waals surface area contributed by atoms with Crippen molar-refractivity contribution in [2.75, 3.05) is 19.7 Å². The molecule has 0 spiro atoms. The predicted octanol–water partition coefficient (Wildman–Crippen LogP) is 6.97. The Bertz CT molecular complexity index is 707. The molecule has 7 nitrogen and oxygen atoms in total. The Labute approximate surface area is 245 Å². The summed E-state index contributed by atoms with van der Waals surface area (Å²) in [6.45, 7) is 11.0. The van der Waals surface area contributed by atoms with Gasteiger partial charge in [0.05, 0.1) is 12.7 Å². The predicted molar refractivity (Wildman–Crippen MR) is 164 cm³/mol. The van der Waals surface area contributed by atoms with E-state index in [0.717, 1.165) is 19.3 Å². The number of amides is 2. The second-order valence-electron chi connectivity index (χ2n) is 12.7. The second-order valence-corrected chi connectivity index (χ2v) is 12.7. The molecule has 1 heterocycles. The van der Waals surface area contributed by atoms with Crippen molar-refractivity contribution < 1.29 is 24.2 Å². The average molecular weight is 567 g/mol. The first-order chi connectivity index (χ1) is 19.1. The van der Waals surface area contributed by atoms with Crippen LogP contribution in [0.2, 0.25) is 0 Å². The smallest absolute Gasteiger partial charge is 0.249 e. The summed E-state index contributed by atoms with van der Waals surface area (Å²) in [5.74, 6) is -1.11. The van der Waals surface area contributed by atoms with Crippen molar-refractivity contribution in [2.45, 2.75) is 162 Å². The van der Waals surface area contributed by atoms with E-state index in [-0.39, 0.29) is 30.9 Å². The number of nitrogens with one attached hydrogen (secondary N) is 2. The molecule has 0 aromatic heterocycles. The molecule has 3 N–H and O–H groups in total. The number of ether oxygens (including phenoxy) is 2. The normalized spacial score (nSPS) is 19.0. The molecular formula is C33H62N2O5. The quantitative estimate of drug-likeness (QED) is 0.0917. The van der Waals surface area contributed by atoms with Gasteiger partial charge >= 0.3 is 0 Å². The summed E-state index contributed by atoms with van der Waals surface area (Å²) in [7, 11) is 0. The van der Waals surface area contributed by atoms with Crippen molar-refractivity contribution in [2.24, 2.45) is 5.41 Å². The topological polar surface area (TPSA) is 96.9 Å². The maximum atomic E-state index is 12.6. The highest BCUT2D eigenvalue weighted by atomic mass is 16.7. The van der Waals surface area contributed by atoms with Crippen LogP contribution >= 0.6 is 0 Å². The summed E-state index contributed by atoms with van der Waals surface area (Å²) in [6.07, 6.45) is 22.9. The third-order valence-electron chi connectivity index (χ3n) is 7.63. The van der Waals surface area contributed by atoms with Crippen LogP contribution < -0.4 is 10.6 Å². The number of hydrogen-bond donors (Lipinski definition) is 3. The van der Waals surface area contributed by atoms with E-state index in [4.69, 9.17) is 9.47 Å². The lowest BCUT2D eigenvalue weighted by molar-refractivity contribution is -0.304. The van der Waals surface area contributed by atoms with Gasteiger partial charge in [0.25, 0.3) is 0 Å². The highest BCUT2D eigenvalue weighted by Crippen LogP contribution is 2.34. The highest BCUT2D eigenvalue weighted by Gasteiger charge is 2.45. The lowest BCUT2D eigenvalue weighted by atomic mass is 9.85. The fraction of sp³-hybridized carbons (Fsp3) is 0.879. The molecule has 0 aromatic carbocycles. The van der Waals surface area contributed by atoms with Crippen LogP contribution in [0, 0.1) is 5.41 Å². The van der Waals surface area contributed by atoms with Crippen LogP contribution in [0.3, 0.4) is 0 Å². The van der Waals surface area contributed by atoms with Crippen LogP contribution in [-0.2, 0) is 19.1 Å². The standard InChI is InChI=1S/C33H62N2O5/c1-6-7-8-9-10-11-12-13-14-15-16-17-18-19-20-22-28(36)23-21-25-34-29(37)24-26-35-31(38)30-32(2,3)27-39-33(4,5)40-30/h13-14,28,30,36H,6-12,15-27H2,1-5H3,(H,34,37)(H,35,38). The zero-order valence-electron chi connectivity index (χ0n) is 26.5. The first-order valence-electron chi connectivity index (χ1n) is 16.3. The minimum Gasteiger partial charge on any atom is -0.393 e. The molecule has 1 aliphatic rings. The van der Waals surface area contributed by atoms with Crippen molar-refractivity contribution in [1.82, 2.24) is 10.6 Å². The number of rotatable bonds is 23. The first-order valence-corrected chi connectivity index (χ1v) is 16.3. The van der Waals surface area contributed by atoms with E-state index in [1.54, 1.807) is 13.8 Å². The number of carbonyl (C=O) groups is 2. The largest absolute Gasteiger partial charge is 0.393 e. The Hall–Kier alpha value is -1.44.